The van der Waals surface area contributed by atoms with E-state index < -0.39 is 5.91 Å². The fourth-order valence-corrected chi connectivity index (χ4v) is 4.91. The zero-order chi connectivity index (χ0) is 21.3. The molecule has 0 saturated heterocycles. The predicted octanol–water partition coefficient (Wildman–Crippen LogP) is 4.37. The fraction of sp³-hybridized carbons (Fsp3) is 0.238. The van der Waals surface area contributed by atoms with Crippen LogP contribution in [0.4, 0.5) is 0 Å². The summed E-state index contributed by atoms with van der Waals surface area (Å²) in [6, 6.07) is 11.5. The largest absolute Gasteiger partial charge is 0.493 e. The van der Waals surface area contributed by atoms with Gasteiger partial charge in [-0.15, -0.1) is 0 Å². The van der Waals surface area contributed by atoms with Crippen LogP contribution < -0.4 is 15.2 Å². The Hall–Kier alpha value is -2.65. The summed E-state index contributed by atoms with van der Waals surface area (Å²) < 4.78 is 19.7. The molecule has 0 saturated carbocycles. The van der Waals surface area contributed by atoms with Gasteiger partial charge in [-0.05, 0) is 6.07 Å². The molecule has 0 bridgehead atoms. The Morgan fingerprint density at radius 3 is 2.70 bits per heavy atom. The molecule has 156 valence electrons. The molecule has 30 heavy (non-hydrogen) atoms. The van der Waals surface area contributed by atoms with Gasteiger partial charge in [-0.1, -0.05) is 45.9 Å². The van der Waals surface area contributed by atoms with Gasteiger partial charge in [0.05, 0.1) is 37.0 Å². The van der Waals surface area contributed by atoms with E-state index in [1.165, 1.54) is 11.8 Å². The molecule has 0 spiro atoms. The van der Waals surface area contributed by atoms with E-state index in [2.05, 4.69) is 20.9 Å². The quantitative estimate of drug-likeness (QED) is 0.530. The highest BCUT2D eigenvalue weighted by Gasteiger charge is 2.32. The summed E-state index contributed by atoms with van der Waals surface area (Å²) in [5.41, 5.74) is 8.27. The second-order valence-electron chi connectivity index (χ2n) is 6.62. The number of aromatic nitrogens is 2. The maximum absolute atomic E-state index is 12.0. The van der Waals surface area contributed by atoms with Crippen molar-refractivity contribution in [1.29, 1.82) is 0 Å². The smallest absolute Gasteiger partial charge is 0.258 e. The zero-order valence-corrected chi connectivity index (χ0v) is 18.8. The number of primary amides is 1. The highest BCUT2D eigenvalue weighted by atomic mass is 79.9. The van der Waals surface area contributed by atoms with Gasteiger partial charge < -0.3 is 24.5 Å². The van der Waals surface area contributed by atoms with Crippen LogP contribution in [0.1, 0.15) is 17.4 Å². The Morgan fingerprint density at radius 1 is 1.27 bits per heavy atom. The number of allylic oxidation sites excluding steroid dienone is 1. The summed E-state index contributed by atoms with van der Waals surface area (Å²) in [4.78, 5) is 17.0. The second-order valence-corrected chi connectivity index (χ2v) is 8.66. The third-order valence-corrected chi connectivity index (χ3v) is 6.95. The van der Waals surface area contributed by atoms with E-state index in [-0.39, 0.29) is 5.37 Å². The number of nitrogens with two attached hydrogens (primary N) is 1. The van der Waals surface area contributed by atoms with Crippen LogP contribution in [-0.2, 0) is 16.1 Å². The van der Waals surface area contributed by atoms with E-state index >= 15 is 0 Å². The number of imidazole rings is 1. The summed E-state index contributed by atoms with van der Waals surface area (Å²) in [6.07, 6.45) is 2.27. The maximum atomic E-state index is 12.0. The minimum absolute atomic E-state index is 0.107. The van der Waals surface area contributed by atoms with Crippen molar-refractivity contribution in [3.63, 3.8) is 0 Å². The Labute approximate surface area is 186 Å². The molecule has 0 fully saturated rings. The van der Waals surface area contributed by atoms with Crippen LogP contribution in [-0.4, -0.2) is 29.7 Å². The van der Waals surface area contributed by atoms with E-state index in [0.717, 1.165) is 21.1 Å². The standard InChI is InChI=1S/C21H20BrN3O4S/c1-27-16-7-14-15(8-17(16)28-2)25(11-24-14)19-9-18(20(30-19)21(23)26)29-10-12-5-3-4-6-13(12)22/h3-8,11,19H,9-10H2,1-2H3,(H2,23,26). The lowest BCUT2D eigenvalue weighted by Gasteiger charge is -2.14. The van der Waals surface area contributed by atoms with Crippen molar-refractivity contribution in [2.24, 2.45) is 5.73 Å². The van der Waals surface area contributed by atoms with Crippen molar-refractivity contribution in [3.8, 4) is 11.5 Å². The monoisotopic (exact) mass is 489 g/mol. The first kappa shape index (κ1) is 20.6. The molecule has 0 aliphatic carbocycles. The minimum atomic E-state index is -0.492. The number of rotatable bonds is 7. The molecular formula is C21H20BrN3O4S. The molecule has 0 radical (unpaired) electrons. The van der Waals surface area contributed by atoms with Gasteiger partial charge in [0.15, 0.2) is 11.5 Å². The molecule has 1 aliphatic heterocycles. The lowest BCUT2D eigenvalue weighted by atomic mass is 10.2. The lowest BCUT2D eigenvalue weighted by Crippen LogP contribution is -2.12. The zero-order valence-electron chi connectivity index (χ0n) is 16.4. The van der Waals surface area contributed by atoms with Crippen LogP contribution in [0.5, 0.6) is 11.5 Å². The first-order valence-electron chi connectivity index (χ1n) is 9.16. The number of fused-ring (bicyclic) bond motifs is 1. The molecule has 9 heteroatoms. The van der Waals surface area contributed by atoms with Gasteiger partial charge in [0.1, 0.15) is 17.3 Å². The summed E-state index contributed by atoms with van der Waals surface area (Å²) in [5, 5.41) is -0.107. The topological polar surface area (TPSA) is 88.6 Å². The van der Waals surface area contributed by atoms with Gasteiger partial charge in [0.2, 0.25) is 0 Å². The average Bonchev–Trinajstić information content (AvgIpc) is 3.35. The van der Waals surface area contributed by atoms with Crippen LogP contribution in [0, 0.1) is 0 Å². The lowest BCUT2D eigenvalue weighted by molar-refractivity contribution is -0.114. The highest BCUT2D eigenvalue weighted by Crippen LogP contribution is 2.47. The van der Waals surface area contributed by atoms with Crippen LogP contribution in [0.2, 0.25) is 0 Å². The number of hydrogen-bond acceptors (Lipinski definition) is 6. The highest BCUT2D eigenvalue weighted by molar-refractivity contribution is 9.10. The third-order valence-electron chi connectivity index (χ3n) is 4.84. The molecule has 1 amide bonds. The summed E-state index contributed by atoms with van der Waals surface area (Å²) >= 11 is 4.90. The molecular weight excluding hydrogens is 470 g/mol. The number of ether oxygens (including phenoxy) is 3. The van der Waals surface area contributed by atoms with Gasteiger partial charge in [0, 0.05) is 28.6 Å². The number of hydrogen-bond donors (Lipinski definition) is 1. The van der Waals surface area contributed by atoms with E-state index in [4.69, 9.17) is 19.9 Å². The minimum Gasteiger partial charge on any atom is -0.493 e. The second kappa shape index (κ2) is 8.61. The number of benzene rings is 2. The van der Waals surface area contributed by atoms with Crippen molar-refractivity contribution in [3.05, 3.63) is 63.4 Å². The Kier molecular flexibility index (Phi) is 5.92. The Balaban J connectivity index is 1.60. The molecule has 2 aromatic carbocycles. The van der Waals surface area contributed by atoms with E-state index in [0.29, 0.717) is 35.2 Å². The fourth-order valence-electron chi connectivity index (χ4n) is 3.33. The Bertz CT molecular complexity index is 1140. The number of methoxy groups -OCH3 is 2. The number of halogens is 1. The normalized spacial score (nSPS) is 16.2. The summed E-state index contributed by atoms with van der Waals surface area (Å²) in [5.74, 6) is 1.33. The van der Waals surface area contributed by atoms with E-state index in [1.54, 1.807) is 20.5 Å². The van der Waals surface area contributed by atoms with Gasteiger partial charge >= 0.3 is 0 Å². The molecule has 3 aromatic rings. The molecule has 1 aromatic heterocycles. The number of nitrogens with zero attached hydrogens (tertiary/aromatic N) is 2. The van der Waals surface area contributed by atoms with E-state index in [9.17, 15) is 4.79 Å². The molecule has 1 unspecified atom stereocenters. The third kappa shape index (κ3) is 3.87. The van der Waals surface area contributed by atoms with Crippen molar-refractivity contribution in [2.45, 2.75) is 18.4 Å². The van der Waals surface area contributed by atoms with E-state index in [1.807, 2.05) is 41.0 Å². The van der Waals surface area contributed by atoms with Crippen molar-refractivity contribution < 1.29 is 19.0 Å². The molecule has 7 nitrogen and oxygen atoms in total. The van der Waals surface area contributed by atoms with Crippen molar-refractivity contribution >= 4 is 44.6 Å². The number of amides is 1. The molecule has 4 rings (SSSR count). The van der Waals surface area contributed by atoms with Crippen molar-refractivity contribution in [1.82, 2.24) is 9.55 Å². The van der Waals surface area contributed by atoms with Gasteiger partial charge in [-0.2, -0.15) is 0 Å². The first-order valence-corrected chi connectivity index (χ1v) is 10.8. The molecule has 1 aliphatic rings. The predicted molar refractivity (Wildman–Crippen MR) is 119 cm³/mol. The van der Waals surface area contributed by atoms with Gasteiger partial charge in [0.25, 0.3) is 5.91 Å². The summed E-state index contributed by atoms with van der Waals surface area (Å²) in [6.45, 7) is 0.344. The van der Waals surface area contributed by atoms with Crippen LogP contribution in [0.3, 0.4) is 0 Å². The molecule has 1 atom stereocenters. The SMILES string of the molecule is COc1cc2ncn(C3CC(OCc4ccccc4Br)=C(C(N)=O)S3)c2cc1OC. The maximum Gasteiger partial charge on any atom is 0.258 e. The summed E-state index contributed by atoms with van der Waals surface area (Å²) in [7, 11) is 3.18. The Morgan fingerprint density at radius 2 is 2.00 bits per heavy atom. The number of thioether (sulfide) groups is 1. The van der Waals surface area contributed by atoms with Gasteiger partial charge in [-0.25, -0.2) is 4.98 Å². The average molecular weight is 490 g/mol. The van der Waals surface area contributed by atoms with Crippen LogP contribution in [0.15, 0.2) is 57.9 Å². The van der Waals surface area contributed by atoms with Crippen LogP contribution >= 0.6 is 27.7 Å². The van der Waals surface area contributed by atoms with Crippen LogP contribution in [0.25, 0.3) is 11.0 Å². The van der Waals surface area contributed by atoms with Gasteiger partial charge in [-0.3, -0.25) is 4.79 Å². The van der Waals surface area contributed by atoms with Crippen molar-refractivity contribution in [2.75, 3.05) is 14.2 Å². The number of carbonyl (C=O) groups excluding carboxylic acids is 1. The number of carbonyl (C=O) groups is 1. The molecule has 2 heterocycles. The molecule has 2 N–H and O–H groups in total. The first-order chi connectivity index (χ1) is 14.5.